The summed E-state index contributed by atoms with van der Waals surface area (Å²) in [5.74, 6) is 0.888. The summed E-state index contributed by atoms with van der Waals surface area (Å²) < 4.78 is 6.89. The summed E-state index contributed by atoms with van der Waals surface area (Å²) in [6.45, 7) is 6.93. The average molecular weight is 366 g/mol. The Hall–Kier alpha value is -0.637. The van der Waals surface area contributed by atoms with E-state index in [0.717, 1.165) is 11.4 Å². The number of benzene rings is 1. The van der Waals surface area contributed by atoms with Crippen LogP contribution in [0.2, 0.25) is 15.8 Å². The van der Waals surface area contributed by atoms with Crippen LogP contribution in [0.25, 0.3) is 0 Å². The first kappa shape index (κ1) is 19.4. The molecule has 1 aromatic carbocycles. The first-order valence-corrected chi connectivity index (χ1v) is 14.6. The molecule has 2 nitrogen and oxygen atoms in total. The maximum atomic E-state index is 6.47. The fourth-order valence-electron chi connectivity index (χ4n) is 3.48. The molecule has 0 spiro atoms. The van der Waals surface area contributed by atoms with Crippen LogP contribution in [0.4, 0.5) is 5.69 Å². The van der Waals surface area contributed by atoms with Crippen molar-refractivity contribution >= 4 is 23.3 Å². The summed E-state index contributed by atoms with van der Waals surface area (Å²) in [4.78, 5) is 0. The second-order valence-electron chi connectivity index (χ2n) is 6.54. The molecule has 3 heteroatoms. The minimum absolute atomic E-state index is 0.888. The van der Waals surface area contributed by atoms with E-state index in [1.54, 1.807) is 7.11 Å². The van der Waals surface area contributed by atoms with Crippen LogP contribution in [-0.4, -0.2) is 20.4 Å². The predicted octanol–water partition coefficient (Wildman–Crippen LogP) is 5.33. The molecule has 0 fully saturated rings. The number of anilines is 1. The van der Waals surface area contributed by atoms with E-state index in [2.05, 4.69) is 32.9 Å². The first-order valence-electron chi connectivity index (χ1n) is 9.07. The van der Waals surface area contributed by atoms with Crippen molar-refractivity contribution in [1.29, 1.82) is 0 Å². The normalized spacial score (nSPS) is 11.6. The average Bonchev–Trinajstić information content (AvgIpc) is 2.54. The number of hydrogen-bond donors (Lipinski definition) is 1. The molecule has 0 saturated carbocycles. The van der Waals surface area contributed by atoms with Crippen LogP contribution < -0.4 is 14.9 Å². The second kappa shape index (κ2) is 10.2. The van der Waals surface area contributed by atoms with Crippen LogP contribution in [0.5, 0.6) is 5.75 Å². The molecule has 0 atom stereocenters. The fourth-order valence-corrected chi connectivity index (χ4v) is 15.6. The number of unbranched alkanes of at least 4 members (excludes halogenated alkanes) is 3. The van der Waals surface area contributed by atoms with Crippen LogP contribution in [-0.2, 0) is 0 Å². The van der Waals surface area contributed by atoms with Crippen molar-refractivity contribution in [3.8, 4) is 5.75 Å². The van der Waals surface area contributed by atoms with Crippen LogP contribution in [0.1, 0.15) is 59.3 Å². The summed E-state index contributed by atoms with van der Waals surface area (Å²) in [6, 6.07) is 6.46. The molecule has 0 amide bonds. The van der Waals surface area contributed by atoms with E-state index in [9.17, 15) is 0 Å². The van der Waals surface area contributed by atoms with Gasteiger partial charge in [0.1, 0.15) is 0 Å². The van der Waals surface area contributed by atoms with E-state index in [-0.39, 0.29) is 0 Å². The van der Waals surface area contributed by atoms with Crippen LogP contribution >= 0.6 is 0 Å². The van der Waals surface area contributed by atoms with Gasteiger partial charge in [0.2, 0.25) is 0 Å². The molecule has 0 aromatic heterocycles. The Labute approximate surface area is 140 Å². The summed E-state index contributed by atoms with van der Waals surface area (Å²) in [7, 11) is 1.72. The Kier molecular flexibility index (Phi) is 9.00. The standard InChI is InChI=1S/C19H35GeNO/c1-5-8-13-20(14-9-6-2,15-10-7-3)18-12-11-17(22-4)16-19(18)21/h11-12,16H,5-10,13-15,21H2,1-4H3. The molecule has 0 unspecified atom stereocenters. The van der Waals surface area contributed by atoms with Gasteiger partial charge in [-0.1, -0.05) is 0 Å². The SMILES string of the molecule is CCC[CH2][Ge]([CH2]CCC)([CH2]CCC)[c]1ccc(OC)cc1N. The quantitative estimate of drug-likeness (QED) is 0.424. The van der Waals surface area contributed by atoms with Gasteiger partial charge >= 0.3 is 140 Å². The molecular formula is C19H35GeNO. The van der Waals surface area contributed by atoms with Gasteiger partial charge in [-0.3, -0.25) is 0 Å². The molecule has 2 N–H and O–H groups in total. The molecule has 1 aromatic rings. The van der Waals surface area contributed by atoms with Crippen molar-refractivity contribution in [3.05, 3.63) is 18.2 Å². The third-order valence-corrected chi connectivity index (χ3v) is 16.5. The Morgan fingerprint density at radius 3 is 1.77 bits per heavy atom. The van der Waals surface area contributed by atoms with Gasteiger partial charge in [0.15, 0.2) is 0 Å². The summed E-state index contributed by atoms with van der Waals surface area (Å²) in [6.07, 6.45) is 7.96. The van der Waals surface area contributed by atoms with E-state index in [1.807, 2.05) is 6.07 Å². The van der Waals surface area contributed by atoms with Crippen molar-refractivity contribution in [2.75, 3.05) is 12.8 Å². The van der Waals surface area contributed by atoms with E-state index in [0.29, 0.717) is 0 Å². The van der Waals surface area contributed by atoms with Crippen LogP contribution in [0.3, 0.4) is 0 Å². The zero-order valence-electron chi connectivity index (χ0n) is 15.1. The van der Waals surface area contributed by atoms with Gasteiger partial charge in [0.05, 0.1) is 0 Å². The summed E-state index contributed by atoms with van der Waals surface area (Å²) >= 11 is -2.11. The molecule has 0 radical (unpaired) electrons. The molecule has 22 heavy (non-hydrogen) atoms. The monoisotopic (exact) mass is 367 g/mol. The predicted molar refractivity (Wildman–Crippen MR) is 102 cm³/mol. The van der Waals surface area contributed by atoms with Gasteiger partial charge in [0.25, 0.3) is 0 Å². The second-order valence-corrected chi connectivity index (χ2v) is 16.2. The zero-order chi connectivity index (χ0) is 16.4. The first-order chi connectivity index (χ1) is 10.6. The van der Waals surface area contributed by atoms with Crippen molar-refractivity contribution in [2.45, 2.75) is 75.1 Å². The third-order valence-electron chi connectivity index (χ3n) is 4.86. The van der Waals surface area contributed by atoms with Gasteiger partial charge in [0, 0.05) is 0 Å². The van der Waals surface area contributed by atoms with Crippen LogP contribution in [0, 0.1) is 0 Å². The molecule has 126 valence electrons. The van der Waals surface area contributed by atoms with Crippen molar-refractivity contribution in [3.63, 3.8) is 0 Å². The number of ether oxygens (including phenoxy) is 1. The molecule has 0 aliphatic carbocycles. The number of nitrogens with two attached hydrogens (primary N) is 1. The van der Waals surface area contributed by atoms with E-state index in [1.165, 1.54) is 58.7 Å². The van der Waals surface area contributed by atoms with Gasteiger partial charge in [-0.05, 0) is 0 Å². The molecular weight excluding hydrogens is 331 g/mol. The topological polar surface area (TPSA) is 35.2 Å². The van der Waals surface area contributed by atoms with Gasteiger partial charge in [-0.2, -0.15) is 0 Å². The molecule has 0 heterocycles. The Balaban J connectivity index is 3.18. The zero-order valence-corrected chi connectivity index (χ0v) is 17.2. The number of methoxy groups -OCH3 is 1. The summed E-state index contributed by atoms with van der Waals surface area (Å²) in [5.41, 5.74) is 7.45. The van der Waals surface area contributed by atoms with Gasteiger partial charge < -0.3 is 0 Å². The van der Waals surface area contributed by atoms with Crippen molar-refractivity contribution in [2.24, 2.45) is 0 Å². The van der Waals surface area contributed by atoms with E-state index in [4.69, 9.17) is 10.5 Å². The molecule has 1 rings (SSSR count). The van der Waals surface area contributed by atoms with Gasteiger partial charge in [-0.25, -0.2) is 0 Å². The van der Waals surface area contributed by atoms with E-state index < -0.39 is 13.3 Å². The van der Waals surface area contributed by atoms with Crippen molar-refractivity contribution in [1.82, 2.24) is 0 Å². The Morgan fingerprint density at radius 2 is 1.41 bits per heavy atom. The number of rotatable bonds is 11. The van der Waals surface area contributed by atoms with Crippen LogP contribution in [0.15, 0.2) is 18.2 Å². The summed E-state index contributed by atoms with van der Waals surface area (Å²) in [5, 5.41) is 4.31. The van der Waals surface area contributed by atoms with Crippen molar-refractivity contribution < 1.29 is 4.74 Å². The fraction of sp³-hybridized carbons (Fsp3) is 0.684. The number of nitrogen functional groups attached to an aromatic ring is 1. The maximum absolute atomic E-state index is 6.47. The van der Waals surface area contributed by atoms with E-state index >= 15 is 0 Å². The molecule has 0 aliphatic rings. The molecule has 0 aliphatic heterocycles. The van der Waals surface area contributed by atoms with Gasteiger partial charge in [-0.15, -0.1) is 0 Å². The Morgan fingerprint density at radius 1 is 0.909 bits per heavy atom. The molecule has 0 saturated heterocycles. The molecule has 0 bridgehead atoms. The minimum atomic E-state index is -2.11. The third kappa shape index (κ3) is 5.22. The Bertz CT molecular complexity index is 412. The number of hydrogen-bond acceptors (Lipinski definition) is 2.